The Hall–Kier alpha value is -2.22. The van der Waals surface area contributed by atoms with Gasteiger partial charge in [0.15, 0.2) is 0 Å². The number of thiophene rings is 1. The predicted octanol–water partition coefficient (Wildman–Crippen LogP) is 2.75. The third kappa shape index (κ3) is 5.57. The van der Waals surface area contributed by atoms with Gasteiger partial charge in [0.25, 0.3) is 0 Å². The fraction of sp³-hybridized carbons (Fsp3) is 0.520. The van der Waals surface area contributed by atoms with E-state index < -0.39 is 0 Å². The van der Waals surface area contributed by atoms with Crippen LogP contribution in [0.25, 0.3) is 0 Å². The molecule has 2 aromatic rings. The number of fused-ring (bicyclic) bond motifs is 1. The van der Waals surface area contributed by atoms with Gasteiger partial charge >= 0.3 is 0 Å². The van der Waals surface area contributed by atoms with Gasteiger partial charge in [-0.1, -0.05) is 30.3 Å². The molecule has 6 nitrogen and oxygen atoms in total. The summed E-state index contributed by atoms with van der Waals surface area (Å²) in [6.07, 6.45) is 1.00. The summed E-state index contributed by atoms with van der Waals surface area (Å²) in [7, 11) is 0. The molecular weight excluding hydrogens is 420 g/mol. The van der Waals surface area contributed by atoms with Crippen LogP contribution >= 0.6 is 11.3 Å². The van der Waals surface area contributed by atoms with Crippen molar-refractivity contribution in [3.63, 3.8) is 0 Å². The van der Waals surface area contributed by atoms with Crippen molar-refractivity contribution in [2.24, 2.45) is 0 Å². The Bertz CT molecular complexity index is 929. The number of rotatable bonds is 5. The lowest BCUT2D eigenvalue weighted by Crippen LogP contribution is -2.54. The zero-order valence-corrected chi connectivity index (χ0v) is 20.2. The molecule has 1 N–H and O–H groups in total. The molecule has 1 atom stereocenters. The Kier molecular flexibility index (Phi) is 6.98. The first-order chi connectivity index (χ1) is 15.3. The number of amides is 2. The molecule has 2 amide bonds. The summed E-state index contributed by atoms with van der Waals surface area (Å²) < 4.78 is 0. The highest BCUT2D eigenvalue weighted by Gasteiger charge is 2.32. The molecule has 4 rings (SSSR count). The van der Waals surface area contributed by atoms with Crippen LogP contribution in [0.5, 0.6) is 0 Å². The van der Waals surface area contributed by atoms with E-state index in [1.807, 2.05) is 43.1 Å². The van der Waals surface area contributed by atoms with Crippen molar-refractivity contribution in [2.75, 3.05) is 45.8 Å². The number of carbonyl (C=O) groups excluding carboxylic acids is 2. The second-order valence-electron chi connectivity index (χ2n) is 9.79. The smallest absolute Gasteiger partial charge is 0.236 e. The number of benzene rings is 1. The van der Waals surface area contributed by atoms with Crippen molar-refractivity contribution in [1.82, 2.24) is 20.0 Å². The molecule has 172 valence electrons. The molecule has 1 aromatic carbocycles. The molecule has 3 heterocycles. The maximum Gasteiger partial charge on any atom is 0.236 e. The Labute approximate surface area is 195 Å². The van der Waals surface area contributed by atoms with Gasteiger partial charge in [0.1, 0.15) is 0 Å². The molecular formula is C25H34N4O2S. The minimum Gasteiger partial charge on any atom is -0.350 e. The second-order valence-corrected chi connectivity index (χ2v) is 10.8. The quantitative estimate of drug-likeness (QED) is 0.755. The molecule has 0 bridgehead atoms. The van der Waals surface area contributed by atoms with E-state index in [2.05, 4.69) is 50.8 Å². The van der Waals surface area contributed by atoms with Crippen LogP contribution < -0.4 is 5.32 Å². The summed E-state index contributed by atoms with van der Waals surface area (Å²) in [5.74, 6) is 0.228. The largest absolute Gasteiger partial charge is 0.350 e. The van der Waals surface area contributed by atoms with Gasteiger partial charge in [-0.2, -0.15) is 0 Å². The Morgan fingerprint density at radius 3 is 2.41 bits per heavy atom. The van der Waals surface area contributed by atoms with Gasteiger partial charge in [-0.05, 0) is 49.8 Å². The van der Waals surface area contributed by atoms with Gasteiger partial charge in [0, 0.05) is 43.1 Å². The topological polar surface area (TPSA) is 55.9 Å². The highest BCUT2D eigenvalue weighted by atomic mass is 32.1. The van der Waals surface area contributed by atoms with Crippen molar-refractivity contribution < 1.29 is 9.59 Å². The monoisotopic (exact) mass is 454 g/mol. The first kappa shape index (κ1) is 23.0. The van der Waals surface area contributed by atoms with Gasteiger partial charge < -0.3 is 10.2 Å². The molecule has 7 heteroatoms. The third-order valence-electron chi connectivity index (χ3n) is 6.13. The first-order valence-electron chi connectivity index (χ1n) is 11.5. The SMILES string of the molecule is CC(C)(C)NC(=O)CN1CCN(C(=O)CN2CCc3sccc3C2c2ccccc2)CC1. The Morgan fingerprint density at radius 1 is 1.00 bits per heavy atom. The number of piperazine rings is 1. The Morgan fingerprint density at radius 2 is 1.72 bits per heavy atom. The van der Waals surface area contributed by atoms with Crippen LogP contribution in [0.2, 0.25) is 0 Å². The van der Waals surface area contributed by atoms with E-state index in [-0.39, 0.29) is 23.4 Å². The van der Waals surface area contributed by atoms with Crippen molar-refractivity contribution in [2.45, 2.75) is 38.8 Å². The van der Waals surface area contributed by atoms with Gasteiger partial charge in [0.05, 0.1) is 19.1 Å². The zero-order valence-electron chi connectivity index (χ0n) is 19.3. The molecule has 2 aliphatic heterocycles. The van der Waals surface area contributed by atoms with E-state index in [1.165, 1.54) is 16.0 Å². The van der Waals surface area contributed by atoms with Crippen LogP contribution in [-0.4, -0.2) is 77.9 Å². The summed E-state index contributed by atoms with van der Waals surface area (Å²) in [5, 5.41) is 5.18. The van der Waals surface area contributed by atoms with Crippen LogP contribution in [-0.2, 0) is 16.0 Å². The molecule has 32 heavy (non-hydrogen) atoms. The number of nitrogens with zero attached hydrogens (tertiary/aromatic N) is 3. The van der Waals surface area contributed by atoms with Crippen molar-refractivity contribution in [3.8, 4) is 0 Å². The third-order valence-corrected chi connectivity index (χ3v) is 7.12. The molecule has 0 saturated carbocycles. The fourth-order valence-electron chi connectivity index (χ4n) is 4.65. The average Bonchev–Trinajstić information content (AvgIpc) is 3.22. The lowest BCUT2D eigenvalue weighted by atomic mass is 9.93. The van der Waals surface area contributed by atoms with Gasteiger partial charge in [0.2, 0.25) is 11.8 Å². The molecule has 1 aromatic heterocycles. The van der Waals surface area contributed by atoms with E-state index in [0.717, 1.165) is 26.1 Å². The Balaban J connectivity index is 1.35. The number of nitrogens with one attached hydrogen (secondary N) is 1. The normalized spacial score (nSPS) is 20.1. The van der Waals surface area contributed by atoms with E-state index >= 15 is 0 Å². The minimum atomic E-state index is -0.221. The standard InChI is InChI=1S/C25H34N4O2S/c1-25(2,3)26-22(30)17-27-12-14-28(15-13-27)23(31)18-29-11-9-21-20(10-16-32-21)24(29)19-7-5-4-6-8-19/h4-8,10,16,24H,9,11-15,17-18H2,1-3H3,(H,26,30). The molecule has 1 saturated heterocycles. The summed E-state index contributed by atoms with van der Waals surface area (Å²) in [6, 6.07) is 12.9. The van der Waals surface area contributed by atoms with E-state index in [1.54, 1.807) is 0 Å². The lowest BCUT2D eigenvalue weighted by Gasteiger charge is -2.39. The highest BCUT2D eigenvalue weighted by Crippen LogP contribution is 2.37. The summed E-state index contributed by atoms with van der Waals surface area (Å²) >= 11 is 1.82. The van der Waals surface area contributed by atoms with Gasteiger partial charge in [-0.25, -0.2) is 0 Å². The number of hydrogen-bond donors (Lipinski definition) is 1. The number of carbonyl (C=O) groups is 2. The van der Waals surface area contributed by atoms with Crippen LogP contribution in [0.3, 0.4) is 0 Å². The van der Waals surface area contributed by atoms with E-state index in [0.29, 0.717) is 26.2 Å². The summed E-state index contributed by atoms with van der Waals surface area (Å²) in [4.78, 5) is 33.3. The van der Waals surface area contributed by atoms with Crippen LogP contribution in [0.15, 0.2) is 41.8 Å². The summed E-state index contributed by atoms with van der Waals surface area (Å²) in [5.41, 5.74) is 2.37. The van der Waals surface area contributed by atoms with Crippen molar-refractivity contribution in [1.29, 1.82) is 0 Å². The summed E-state index contributed by atoms with van der Waals surface area (Å²) in [6.45, 7) is 10.5. The fourth-order valence-corrected chi connectivity index (χ4v) is 5.56. The minimum absolute atomic E-state index is 0.0443. The second kappa shape index (κ2) is 9.73. The van der Waals surface area contributed by atoms with E-state index in [4.69, 9.17) is 0 Å². The molecule has 2 aliphatic rings. The van der Waals surface area contributed by atoms with Crippen molar-refractivity contribution in [3.05, 3.63) is 57.8 Å². The van der Waals surface area contributed by atoms with Crippen LogP contribution in [0.1, 0.15) is 42.8 Å². The van der Waals surface area contributed by atoms with E-state index in [9.17, 15) is 9.59 Å². The van der Waals surface area contributed by atoms with Gasteiger partial charge in [-0.3, -0.25) is 19.4 Å². The maximum absolute atomic E-state index is 13.2. The zero-order chi connectivity index (χ0) is 22.7. The lowest BCUT2D eigenvalue weighted by molar-refractivity contribution is -0.135. The molecule has 1 fully saturated rings. The molecule has 1 unspecified atom stereocenters. The average molecular weight is 455 g/mol. The van der Waals surface area contributed by atoms with Crippen molar-refractivity contribution >= 4 is 23.2 Å². The maximum atomic E-state index is 13.2. The predicted molar refractivity (Wildman–Crippen MR) is 129 cm³/mol. The van der Waals surface area contributed by atoms with Gasteiger partial charge in [-0.15, -0.1) is 11.3 Å². The van der Waals surface area contributed by atoms with Crippen LogP contribution in [0.4, 0.5) is 0 Å². The molecule has 0 aliphatic carbocycles. The molecule has 0 spiro atoms. The number of hydrogen-bond acceptors (Lipinski definition) is 5. The highest BCUT2D eigenvalue weighted by molar-refractivity contribution is 7.10. The van der Waals surface area contributed by atoms with Crippen LogP contribution in [0, 0.1) is 0 Å². The molecule has 0 radical (unpaired) electrons. The first-order valence-corrected chi connectivity index (χ1v) is 12.3.